The second-order valence-corrected chi connectivity index (χ2v) is 5.30. The molecule has 0 aromatic carbocycles. The number of hydrogen-bond acceptors (Lipinski definition) is 2. The van der Waals surface area contributed by atoms with Gasteiger partial charge in [-0.15, -0.1) is 0 Å². The minimum atomic E-state index is 0.606. The Hall–Kier alpha value is -0.990. The zero-order valence-corrected chi connectivity index (χ0v) is 10.6. The van der Waals surface area contributed by atoms with Gasteiger partial charge in [-0.25, -0.2) is 4.98 Å². The average molecular weight is 221 g/mol. The third-order valence-electron chi connectivity index (χ3n) is 3.81. The average Bonchev–Trinajstić information content (AvgIpc) is 2.65. The first-order valence-corrected chi connectivity index (χ1v) is 6.42. The quantitative estimate of drug-likeness (QED) is 0.850. The van der Waals surface area contributed by atoms with Gasteiger partial charge >= 0.3 is 0 Å². The van der Waals surface area contributed by atoms with Crippen molar-refractivity contribution in [2.45, 2.75) is 45.6 Å². The minimum absolute atomic E-state index is 0.606. The molecule has 1 fully saturated rings. The summed E-state index contributed by atoms with van der Waals surface area (Å²) in [5.74, 6) is 2.57. The van der Waals surface area contributed by atoms with Crippen LogP contribution < -0.4 is 5.32 Å². The molecular weight excluding hydrogens is 198 g/mol. The first kappa shape index (κ1) is 11.5. The third-order valence-corrected chi connectivity index (χ3v) is 3.81. The summed E-state index contributed by atoms with van der Waals surface area (Å²) in [4.78, 5) is 4.36. The lowest BCUT2D eigenvalue weighted by atomic mass is 9.78. The number of aryl methyl sites for hydroxylation is 1. The van der Waals surface area contributed by atoms with Crippen LogP contribution in [0.5, 0.6) is 0 Å². The molecule has 1 aromatic heterocycles. The van der Waals surface area contributed by atoms with Crippen LogP contribution in [0, 0.1) is 11.8 Å². The van der Waals surface area contributed by atoms with E-state index in [1.807, 2.05) is 19.4 Å². The predicted molar refractivity (Wildman–Crippen MR) is 67.4 cm³/mol. The van der Waals surface area contributed by atoms with Gasteiger partial charge in [0.25, 0.3) is 0 Å². The highest BCUT2D eigenvalue weighted by atomic mass is 15.2. The van der Waals surface area contributed by atoms with E-state index in [4.69, 9.17) is 0 Å². The second kappa shape index (κ2) is 4.89. The largest absolute Gasteiger partial charge is 0.353 e. The molecule has 0 radical (unpaired) electrons. The molecule has 1 aromatic rings. The molecule has 1 aliphatic rings. The highest BCUT2D eigenvalue weighted by molar-refractivity contribution is 5.27. The molecule has 1 heterocycles. The van der Waals surface area contributed by atoms with E-state index < -0.39 is 0 Å². The minimum Gasteiger partial charge on any atom is -0.353 e. The highest BCUT2D eigenvalue weighted by Gasteiger charge is 2.27. The summed E-state index contributed by atoms with van der Waals surface area (Å²) >= 11 is 0. The SMILES string of the molecule is CC(C)C1CCCCC1Nc1nccn1C. The van der Waals surface area contributed by atoms with Gasteiger partial charge in [-0.1, -0.05) is 26.7 Å². The van der Waals surface area contributed by atoms with E-state index in [1.165, 1.54) is 25.7 Å². The summed E-state index contributed by atoms with van der Waals surface area (Å²) in [5.41, 5.74) is 0. The number of nitrogens with one attached hydrogen (secondary N) is 1. The van der Waals surface area contributed by atoms with Gasteiger partial charge in [0.1, 0.15) is 0 Å². The molecule has 3 nitrogen and oxygen atoms in total. The lowest BCUT2D eigenvalue weighted by Gasteiger charge is -2.35. The zero-order valence-electron chi connectivity index (χ0n) is 10.6. The van der Waals surface area contributed by atoms with Crippen molar-refractivity contribution in [1.29, 1.82) is 0 Å². The molecule has 0 amide bonds. The van der Waals surface area contributed by atoms with Crippen LogP contribution in [0.2, 0.25) is 0 Å². The maximum atomic E-state index is 4.36. The van der Waals surface area contributed by atoms with E-state index in [1.54, 1.807) is 0 Å². The van der Waals surface area contributed by atoms with Crippen LogP contribution in [-0.4, -0.2) is 15.6 Å². The zero-order chi connectivity index (χ0) is 11.5. The van der Waals surface area contributed by atoms with Crippen LogP contribution in [0.3, 0.4) is 0 Å². The summed E-state index contributed by atoms with van der Waals surface area (Å²) < 4.78 is 2.06. The fourth-order valence-electron chi connectivity index (χ4n) is 2.81. The molecule has 1 saturated carbocycles. The van der Waals surface area contributed by atoms with Gasteiger partial charge in [-0.2, -0.15) is 0 Å². The normalized spacial score (nSPS) is 26.0. The van der Waals surface area contributed by atoms with Gasteiger partial charge < -0.3 is 9.88 Å². The van der Waals surface area contributed by atoms with Gasteiger partial charge in [0, 0.05) is 25.5 Å². The van der Waals surface area contributed by atoms with E-state index in [0.29, 0.717) is 6.04 Å². The van der Waals surface area contributed by atoms with Crippen molar-refractivity contribution in [3.05, 3.63) is 12.4 Å². The van der Waals surface area contributed by atoms with Crippen LogP contribution >= 0.6 is 0 Å². The smallest absolute Gasteiger partial charge is 0.202 e. The number of nitrogens with zero attached hydrogens (tertiary/aromatic N) is 2. The first-order valence-electron chi connectivity index (χ1n) is 6.42. The van der Waals surface area contributed by atoms with Gasteiger partial charge in [-0.05, 0) is 24.7 Å². The molecule has 1 aliphatic carbocycles. The highest BCUT2D eigenvalue weighted by Crippen LogP contribution is 2.31. The van der Waals surface area contributed by atoms with Gasteiger partial charge in [0.15, 0.2) is 0 Å². The Labute approximate surface area is 98.3 Å². The van der Waals surface area contributed by atoms with Crippen molar-refractivity contribution in [1.82, 2.24) is 9.55 Å². The van der Waals surface area contributed by atoms with Crippen LogP contribution in [0.15, 0.2) is 12.4 Å². The molecule has 90 valence electrons. The molecular formula is C13H23N3. The fourth-order valence-corrected chi connectivity index (χ4v) is 2.81. The van der Waals surface area contributed by atoms with Crippen molar-refractivity contribution in [2.75, 3.05) is 5.32 Å². The summed E-state index contributed by atoms with van der Waals surface area (Å²) in [6.45, 7) is 4.67. The van der Waals surface area contributed by atoms with Crippen LogP contribution in [0.25, 0.3) is 0 Å². The topological polar surface area (TPSA) is 29.9 Å². The number of anilines is 1. The van der Waals surface area contributed by atoms with Crippen molar-refractivity contribution in [2.24, 2.45) is 18.9 Å². The van der Waals surface area contributed by atoms with Gasteiger partial charge in [0.05, 0.1) is 0 Å². The Kier molecular flexibility index (Phi) is 3.52. The maximum absolute atomic E-state index is 4.36. The van der Waals surface area contributed by atoms with Crippen LogP contribution in [0.1, 0.15) is 39.5 Å². The Balaban J connectivity index is 2.04. The Morgan fingerprint density at radius 2 is 2.12 bits per heavy atom. The van der Waals surface area contributed by atoms with Crippen LogP contribution in [0.4, 0.5) is 5.95 Å². The molecule has 2 unspecified atom stereocenters. The molecule has 1 N–H and O–H groups in total. The fraction of sp³-hybridized carbons (Fsp3) is 0.769. The van der Waals surface area contributed by atoms with Crippen molar-refractivity contribution >= 4 is 5.95 Å². The molecule has 0 saturated heterocycles. The molecule has 2 rings (SSSR count). The van der Waals surface area contributed by atoms with E-state index >= 15 is 0 Å². The standard InChI is InChI=1S/C13H23N3/c1-10(2)11-6-4-5-7-12(11)15-13-14-8-9-16(13)3/h8-12H,4-7H2,1-3H3,(H,14,15). The lowest BCUT2D eigenvalue weighted by molar-refractivity contribution is 0.253. The maximum Gasteiger partial charge on any atom is 0.202 e. The Bertz CT molecular complexity index is 330. The lowest BCUT2D eigenvalue weighted by Crippen LogP contribution is -2.36. The Morgan fingerprint density at radius 3 is 2.75 bits per heavy atom. The van der Waals surface area contributed by atoms with Crippen molar-refractivity contribution < 1.29 is 0 Å². The van der Waals surface area contributed by atoms with E-state index in [9.17, 15) is 0 Å². The molecule has 2 atom stereocenters. The summed E-state index contributed by atoms with van der Waals surface area (Å²) in [5, 5.41) is 3.61. The monoisotopic (exact) mass is 221 g/mol. The van der Waals surface area contributed by atoms with Crippen molar-refractivity contribution in [3.8, 4) is 0 Å². The first-order chi connectivity index (χ1) is 7.68. The summed E-state index contributed by atoms with van der Waals surface area (Å²) in [7, 11) is 2.04. The summed E-state index contributed by atoms with van der Waals surface area (Å²) in [6.07, 6.45) is 9.24. The molecule has 0 spiro atoms. The van der Waals surface area contributed by atoms with E-state index in [2.05, 4.69) is 28.7 Å². The van der Waals surface area contributed by atoms with Gasteiger partial charge in [-0.3, -0.25) is 0 Å². The van der Waals surface area contributed by atoms with E-state index in [-0.39, 0.29) is 0 Å². The molecule has 0 aliphatic heterocycles. The van der Waals surface area contributed by atoms with Gasteiger partial charge in [0.2, 0.25) is 5.95 Å². The van der Waals surface area contributed by atoms with E-state index in [0.717, 1.165) is 17.8 Å². The molecule has 0 bridgehead atoms. The predicted octanol–water partition coefficient (Wildman–Crippen LogP) is 3.05. The molecule has 3 heteroatoms. The number of rotatable bonds is 3. The number of imidazole rings is 1. The number of aromatic nitrogens is 2. The second-order valence-electron chi connectivity index (χ2n) is 5.30. The van der Waals surface area contributed by atoms with Crippen molar-refractivity contribution in [3.63, 3.8) is 0 Å². The molecule has 16 heavy (non-hydrogen) atoms. The summed E-state index contributed by atoms with van der Waals surface area (Å²) in [6, 6.07) is 0.606. The van der Waals surface area contributed by atoms with Crippen LogP contribution in [-0.2, 0) is 7.05 Å². The third kappa shape index (κ3) is 2.39. The number of hydrogen-bond donors (Lipinski definition) is 1. The Morgan fingerprint density at radius 1 is 1.38 bits per heavy atom.